The molecule has 0 saturated carbocycles. The van der Waals surface area contributed by atoms with Crippen LogP contribution >= 0.6 is 22.4 Å². The molecular formula is C9H8ClNO5S2. The highest BCUT2D eigenvalue weighted by Gasteiger charge is 2.17. The number of rotatable bonds is 3. The number of hydrogen-bond acceptors (Lipinski definition) is 6. The Bertz CT molecular complexity index is 572. The standard InChI is InChI=1S/C9H8ClNO5S2/c1-16-8(12)6-4-2-3-5-7(6)17-9(13)11-18(10,14)15/h2-5H,1H3,(H,11,13). The third kappa shape index (κ3) is 4.55. The summed E-state index contributed by atoms with van der Waals surface area (Å²) >= 11 is 0.526. The molecule has 0 aromatic heterocycles. The molecule has 1 aromatic rings. The van der Waals surface area contributed by atoms with Crippen LogP contribution in [0.15, 0.2) is 29.2 Å². The van der Waals surface area contributed by atoms with Crippen LogP contribution in [0.1, 0.15) is 10.4 Å². The highest BCUT2D eigenvalue weighted by atomic mass is 35.7. The van der Waals surface area contributed by atoms with Crippen LogP contribution in [-0.2, 0) is 14.0 Å². The van der Waals surface area contributed by atoms with Gasteiger partial charge in [-0.25, -0.2) is 9.52 Å². The van der Waals surface area contributed by atoms with Crippen molar-refractivity contribution in [2.24, 2.45) is 0 Å². The molecule has 18 heavy (non-hydrogen) atoms. The van der Waals surface area contributed by atoms with Gasteiger partial charge in [-0.1, -0.05) is 12.1 Å². The van der Waals surface area contributed by atoms with Crippen molar-refractivity contribution < 1.29 is 22.7 Å². The predicted octanol–water partition coefficient (Wildman–Crippen LogP) is 1.76. The van der Waals surface area contributed by atoms with E-state index in [9.17, 15) is 18.0 Å². The molecule has 0 aliphatic carbocycles. The van der Waals surface area contributed by atoms with Crippen LogP contribution in [0.25, 0.3) is 0 Å². The van der Waals surface area contributed by atoms with Gasteiger partial charge in [-0.15, -0.1) is 0 Å². The van der Waals surface area contributed by atoms with Crippen molar-refractivity contribution in [1.29, 1.82) is 0 Å². The minimum absolute atomic E-state index is 0.159. The topological polar surface area (TPSA) is 89.5 Å². The van der Waals surface area contributed by atoms with Crippen molar-refractivity contribution in [2.75, 3.05) is 7.11 Å². The quantitative estimate of drug-likeness (QED) is 0.520. The SMILES string of the molecule is COC(=O)c1ccccc1SC(=O)NS(=O)(=O)Cl. The minimum atomic E-state index is -4.15. The summed E-state index contributed by atoms with van der Waals surface area (Å²) in [6, 6.07) is 6.12. The van der Waals surface area contributed by atoms with Gasteiger partial charge < -0.3 is 4.74 Å². The van der Waals surface area contributed by atoms with Crippen LogP contribution < -0.4 is 4.72 Å². The summed E-state index contributed by atoms with van der Waals surface area (Å²) in [5.74, 6) is -0.625. The third-order valence-corrected chi connectivity index (χ3v) is 3.35. The zero-order valence-electron chi connectivity index (χ0n) is 9.05. The summed E-state index contributed by atoms with van der Waals surface area (Å²) in [7, 11) is 1.91. The van der Waals surface area contributed by atoms with Gasteiger partial charge in [0.25, 0.3) is 5.24 Å². The number of thioether (sulfide) groups is 1. The van der Waals surface area contributed by atoms with Crippen LogP contribution in [0.4, 0.5) is 4.79 Å². The molecule has 0 saturated heterocycles. The molecule has 1 amide bonds. The van der Waals surface area contributed by atoms with Gasteiger partial charge in [0, 0.05) is 15.6 Å². The van der Waals surface area contributed by atoms with E-state index in [1.807, 2.05) is 0 Å². The van der Waals surface area contributed by atoms with Gasteiger partial charge in [0.2, 0.25) is 0 Å². The molecule has 0 atom stereocenters. The Morgan fingerprint density at radius 1 is 1.33 bits per heavy atom. The van der Waals surface area contributed by atoms with E-state index in [-0.39, 0.29) is 10.5 Å². The first-order valence-electron chi connectivity index (χ1n) is 4.45. The van der Waals surface area contributed by atoms with E-state index in [2.05, 4.69) is 4.74 Å². The molecule has 9 heteroatoms. The first kappa shape index (κ1) is 14.8. The van der Waals surface area contributed by atoms with Crippen LogP contribution in [0.2, 0.25) is 0 Å². The van der Waals surface area contributed by atoms with E-state index in [0.29, 0.717) is 11.8 Å². The molecule has 0 fully saturated rings. The van der Waals surface area contributed by atoms with E-state index < -0.39 is 20.4 Å². The van der Waals surface area contributed by atoms with Crippen LogP contribution in [-0.4, -0.2) is 26.7 Å². The maximum Gasteiger partial charge on any atom is 0.339 e. The second-order valence-corrected chi connectivity index (χ2v) is 6.23. The normalized spacial score (nSPS) is 10.8. The van der Waals surface area contributed by atoms with Gasteiger partial charge in [-0.05, 0) is 23.9 Å². The molecule has 1 aromatic carbocycles. The molecule has 1 N–H and O–H groups in total. The number of esters is 1. The number of nitrogens with one attached hydrogen (secondary N) is 1. The number of benzene rings is 1. The first-order chi connectivity index (χ1) is 8.33. The van der Waals surface area contributed by atoms with Gasteiger partial charge in [0.1, 0.15) is 0 Å². The summed E-state index contributed by atoms with van der Waals surface area (Å²) in [5, 5.41) is -0.915. The highest BCUT2D eigenvalue weighted by Crippen LogP contribution is 2.24. The van der Waals surface area contributed by atoms with Gasteiger partial charge in [-0.3, -0.25) is 4.79 Å². The number of hydrogen-bond donors (Lipinski definition) is 1. The Balaban J connectivity index is 2.91. The predicted molar refractivity (Wildman–Crippen MR) is 66.9 cm³/mol. The number of halogens is 1. The highest BCUT2D eigenvalue weighted by molar-refractivity contribution is 8.18. The fraction of sp³-hybridized carbons (Fsp3) is 0.111. The van der Waals surface area contributed by atoms with Crippen LogP contribution in [0, 0.1) is 0 Å². The van der Waals surface area contributed by atoms with E-state index in [4.69, 9.17) is 10.7 Å². The molecule has 0 aliphatic heterocycles. The Morgan fingerprint density at radius 2 is 1.94 bits per heavy atom. The maximum absolute atomic E-state index is 11.4. The van der Waals surface area contributed by atoms with Crippen molar-refractivity contribution in [1.82, 2.24) is 4.72 Å². The molecule has 0 bridgehead atoms. The van der Waals surface area contributed by atoms with E-state index in [1.54, 1.807) is 16.9 Å². The van der Waals surface area contributed by atoms with Crippen molar-refractivity contribution in [3.63, 3.8) is 0 Å². The fourth-order valence-electron chi connectivity index (χ4n) is 1.05. The summed E-state index contributed by atoms with van der Waals surface area (Å²) < 4.78 is 27.4. The molecule has 0 heterocycles. The van der Waals surface area contributed by atoms with Crippen molar-refractivity contribution in [2.45, 2.75) is 4.90 Å². The lowest BCUT2D eigenvalue weighted by Crippen LogP contribution is -2.22. The first-order valence-corrected chi connectivity index (χ1v) is 7.57. The molecule has 0 unspecified atom stereocenters. The second kappa shape index (κ2) is 6.07. The molecule has 6 nitrogen and oxygen atoms in total. The van der Waals surface area contributed by atoms with E-state index >= 15 is 0 Å². The smallest absolute Gasteiger partial charge is 0.339 e. The molecule has 98 valence electrons. The van der Waals surface area contributed by atoms with Gasteiger partial charge in [0.15, 0.2) is 0 Å². The largest absolute Gasteiger partial charge is 0.465 e. The van der Waals surface area contributed by atoms with Crippen molar-refractivity contribution >= 4 is 42.9 Å². The zero-order chi connectivity index (χ0) is 13.8. The summed E-state index contributed by atoms with van der Waals surface area (Å²) in [6.07, 6.45) is 0. The number of methoxy groups -OCH3 is 1. The van der Waals surface area contributed by atoms with Crippen molar-refractivity contribution in [3.05, 3.63) is 29.8 Å². The zero-order valence-corrected chi connectivity index (χ0v) is 11.4. The van der Waals surface area contributed by atoms with Crippen LogP contribution in [0.3, 0.4) is 0 Å². The number of ether oxygens (including phenoxy) is 1. The van der Waals surface area contributed by atoms with Crippen molar-refractivity contribution in [3.8, 4) is 0 Å². The lowest BCUT2D eigenvalue weighted by Gasteiger charge is -2.06. The van der Waals surface area contributed by atoms with Crippen LogP contribution in [0.5, 0.6) is 0 Å². The average Bonchev–Trinajstić information content (AvgIpc) is 2.26. The summed E-state index contributed by atoms with van der Waals surface area (Å²) in [5.41, 5.74) is 0.159. The molecule has 1 rings (SSSR count). The average molecular weight is 310 g/mol. The number of carbonyl (C=O) groups is 2. The minimum Gasteiger partial charge on any atom is -0.465 e. The third-order valence-electron chi connectivity index (χ3n) is 1.70. The maximum atomic E-state index is 11.4. The van der Waals surface area contributed by atoms with Gasteiger partial charge in [-0.2, -0.15) is 8.42 Å². The van der Waals surface area contributed by atoms with Gasteiger partial charge in [0.05, 0.1) is 12.7 Å². The Hall–Kier alpha value is -1.25. The lowest BCUT2D eigenvalue weighted by atomic mass is 10.2. The van der Waals surface area contributed by atoms with E-state index in [1.165, 1.54) is 19.2 Å². The fourth-order valence-corrected chi connectivity index (χ4v) is 2.70. The van der Waals surface area contributed by atoms with E-state index in [0.717, 1.165) is 0 Å². The summed E-state index contributed by atoms with van der Waals surface area (Å²) in [6.45, 7) is 0. The Labute approximate surface area is 112 Å². The monoisotopic (exact) mass is 309 g/mol. The molecular weight excluding hydrogens is 302 g/mol. The molecule has 0 spiro atoms. The second-order valence-electron chi connectivity index (χ2n) is 2.92. The van der Waals surface area contributed by atoms with Gasteiger partial charge >= 0.3 is 15.2 Å². The number of amides is 1. The Morgan fingerprint density at radius 3 is 2.50 bits per heavy atom. The molecule has 0 aliphatic rings. The summed E-state index contributed by atoms with van der Waals surface area (Å²) in [4.78, 5) is 23.0. The number of carbonyl (C=O) groups excluding carboxylic acids is 2. The molecule has 0 radical (unpaired) electrons. The lowest BCUT2D eigenvalue weighted by molar-refractivity contribution is 0.0597. The Kier molecular flexibility index (Phi) is 5.00.